The van der Waals surface area contributed by atoms with E-state index in [1.807, 2.05) is 0 Å². The summed E-state index contributed by atoms with van der Waals surface area (Å²) in [5.74, 6) is 7.78. The van der Waals surface area contributed by atoms with Gasteiger partial charge in [-0.25, -0.2) is 10.8 Å². The van der Waals surface area contributed by atoms with Gasteiger partial charge < -0.3 is 4.90 Å². The molecule has 2 rings (SSSR count). The van der Waals surface area contributed by atoms with Crippen LogP contribution >= 0.6 is 11.8 Å². The molecule has 1 saturated carbocycles. The highest BCUT2D eigenvalue weighted by Gasteiger charge is 2.22. The average Bonchev–Trinajstić information content (AvgIpc) is 2.46. The van der Waals surface area contributed by atoms with Crippen LogP contribution in [0.25, 0.3) is 0 Å². The van der Waals surface area contributed by atoms with E-state index < -0.39 is 0 Å². The summed E-state index contributed by atoms with van der Waals surface area (Å²) in [6.07, 6.45) is 7.69. The number of rotatable bonds is 2. The van der Waals surface area contributed by atoms with Crippen LogP contribution in [0.3, 0.4) is 0 Å². The Hall–Kier alpha value is -0.420. The maximum Gasteiger partial charge on any atom is 0.208 e. The molecule has 1 unspecified atom stereocenters. The summed E-state index contributed by atoms with van der Waals surface area (Å²) in [6.45, 7) is 4.41. The SMILES string of the molecule is CCC1CN(C(=NC2CCCCC2)NN)CCS1. The lowest BCUT2D eigenvalue weighted by Crippen LogP contribution is -2.50. The first-order chi connectivity index (χ1) is 8.83. The molecular weight excluding hydrogens is 244 g/mol. The van der Waals surface area contributed by atoms with E-state index in [-0.39, 0.29) is 0 Å². The molecule has 0 aromatic rings. The second-order valence-electron chi connectivity index (χ2n) is 5.24. The van der Waals surface area contributed by atoms with E-state index in [1.165, 1.54) is 44.3 Å². The van der Waals surface area contributed by atoms with Crippen LogP contribution in [0.4, 0.5) is 0 Å². The molecule has 4 nitrogen and oxygen atoms in total. The first kappa shape index (κ1) is 14.0. The first-order valence-electron chi connectivity index (χ1n) is 7.24. The fraction of sp³-hybridized carbons (Fsp3) is 0.923. The highest BCUT2D eigenvalue weighted by atomic mass is 32.2. The van der Waals surface area contributed by atoms with Gasteiger partial charge >= 0.3 is 0 Å². The van der Waals surface area contributed by atoms with Crippen molar-refractivity contribution in [3.05, 3.63) is 0 Å². The summed E-state index contributed by atoms with van der Waals surface area (Å²) in [5.41, 5.74) is 2.83. The lowest BCUT2D eigenvalue weighted by molar-refractivity contribution is 0.392. The Bertz CT molecular complexity index is 276. The second kappa shape index (κ2) is 7.24. The first-order valence-corrected chi connectivity index (χ1v) is 8.29. The van der Waals surface area contributed by atoms with Gasteiger partial charge in [0.25, 0.3) is 0 Å². The van der Waals surface area contributed by atoms with E-state index >= 15 is 0 Å². The van der Waals surface area contributed by atoms with Gasteiger partial charge in [-0.2, -0.15) is 11.8 Å². The molecule has 0 amide bonds. The third kappa shape index (κ3) is 3.79. The zero-order chi connectivity index (χ0) is 12.8. The van der Waals surface area contributed by atoms with Crippen LogP contribution in [0.2, 0.25) is 0 Å². The summed E-state index contributed by atoms with van der Waals surface area (Å²) >= 11 is 2.08. The van der Waals surface area contributed by atoms with Crippen molar-refractivity contribution in [1.29, 1.82) is 0 Å². The second-order valence-corrected chi connectivity index (χ2v) is 6.64. The van der Waals surface area contributed by atoms with Crippen molar-refractivity contribution in [2.24, 2.45) is 10.8 Å². The molecule has 18 heavy (non-hydrogen) atoms. The van der Waals surface area contributed by atoms with Gasteiger partial charge in [0.15, 0.2) is 0 Å². The molecule has 5 heteroatoms. The maximum absolute atomic E-state index is 5.68. The van der Waals surface area contributed by atoms with E-state index in [0.29, 0.717) is 6.04 Å². The predicted molar refractivity (Wildman–Crippen MR) is 79.7 cm³/mol. The van der Waals surface area contributed by atoms with Crippen molar-refractivity contribution in [3.63, 3.8) is 0 Å². The Morgan fingerprint density at radius 1 is 1.39 bits per heavy atom. The predicted octanol–water partition coefficient (Wildman–Crippen LogP) is 1.97. The standard InChI is InChI=1S/C13H26N4S/c1-2-12-10-17(8-9-18-12)13(16-14)15-11-6-4-3-5-7-11/h11-12H,2-10,14H2,1H3,(H,15,16). The van der Waals surface area contributed by atoms with Crippen molar-refractivity contribution in [1.82, 2.24) is 10.3 Å². The van der Waals surface area contributed by atoms with Gasteiger partial charge in [-0.15, -0.1) is 0 Å². The largest absolute Gasteiger partial charge is 0.340 e. The Labute approximate surface area is 115 Å². The average molecular weight is 270 g/mol. The van der Waals surface area contributed by atoms with Gasteiger partial charge in [0.2, 0.25) is 5.96 Å². The smallest absolute Gasteiger partial charge is 0.208 e. The topological polar surface area (TPSA) is 53.6 Å². The number of nitrogens with one attached hydrogen (secondary N) is 1. The van der Waals surface area contributed by atoms with E-state index in [4.69, 9.17) is 10.8 Å². The molecule has 0 aromatic heterocycles. The summed E-state index contributed by atoms with van der Waals surface area (Å²) in [4.78, 5) is 7.18. The molecular formula is C13H26N4S. The van der Waals surface area contributed by atoms with Crippen LogP contribution in [-0.2, 0) is 0 Å². The van der Waals surface area contributed by atoms with Crippen LogP contribution in [0.5, 0.6) is 0 Å². The molecule has 0 aromatic carbocycles. The van der Waals surface area contributed by atoms with E-state index in [9.17, 15) is 0 Å². The number of hydrogen-bond donors (Lipinski definition) is 2. The van der Waals surface area contributed by atoms with Gasteiger partial charge in [-0.05, 0) is 19.3 Å². The lowest BCUT2D eigenvalue weighted by Gasteiger charge is -2.34. The van der Waals surface area contributed by atoms with Gasteiger partial charge in [-0.3, -0.25) is 5.43 Å². The minimum Gasteiger partial charge on any atom is -0.340 e. The Morgan fingerprint density at radius 2 is 2.17 bits per heavy atom. The number of thioether (sulfide) groups is 1. The molecule has 2 aliphatic rings. The normalized spacial score (nSPS) is 27.3. The Kier molecular flexibility index (Phi) is 5.63. The van der Waals surface area contributed by atoms with Crippen molar-refractivity contribution in [2.45, 2.75) is 56.7 Å². The lowest BCUT2D eigenvalue weighted by atomic mass is 9.96. The minimum atomic E-state index is 0.486. The number of hydrazine groups is 1. The van der Waals surface area contributed by atoms with Crippen molar-refractivity contribution < 1.29 is 0 Å². The van der Waals surface area contributed by atoms with Crippen molar-refractivity contribution >= 4 is 17.7 Å². The molecule has 3 N–H and O–H groups in total. The molecule has 1 atom stereocenters. The van der Waals surface area contributed by atoms with Crippen LogP contribution < -0.4 is 11.3 Å². The molecule has 104 valence electrons. The molecule has 1 aliphatic carbocycles. The highest BCUT2D eigenvalue weighted by molar-refractivity contribution is 8.00. The summed E-state index contributed by atoms with van der Waals surface area (Å²) < 4.78 is 0. The fourth-order valence-electron chi connectivity index (χ4n) is 2.75. The van der Waals surface area contributed by atoms with Crippen molar-refractivity contribution in [2.75, 3.05) is 18.8 Å². The van der Waals surface area contributed by atoms with Crippen molar-refractivity contribution in [3.8, 4) is 0 Å². The number of hydrogen-bond acceptors (Lipinski definition) is 3. The number of aliphatic imine (C=N–C) groups is 1. The molecule has 1 aliphatic heterocycles. The molecule has 1 heterocycles. The minimum absolute atomic E-state index is 0.486. The third-order valence-corrected chi connectivity index (χ3v) is 5.27. The Morgan fingerprint density at radius 3 is 2.83 bits per heavy atom. The van der Waals surface area contributed by atoms with E-state index in [1.54, 1.807) is 0 Å². The van der Waals surface area contributed by atoms with Gasteiger partial charge in [0, 0.05) is 24.1 Å². The van der Waals surface area contributed by atoms with Gasteiger partial charge in [-0.1, -0.05) is 26.2 Å². The molecule has 0 radical (unpaired) electrons. The molecule has 2 fully saturated rings. The maximum atomic E-state index is 5.68. The van der Waals surface area contributed by atoms with Crippen LogP contribution in [0, 0.1) is 0 Å². The van der Waals surface area contributed by atoms with Gasteiger partial charge in [0.05, 0.1) is 6.04 Å². The van der Waals surface area contributed by atoms with Crippen LogP contribution in [0.1, 0.15) is 45.4 Å². The van der Waals surface area contributed by atoms with Gasteiger partial charge in [0.1, 0.15) is 0 Å². The number of nitrogens with two attached hydrogens (primary N) is 1. The fourth-order valence-corrected chi connectivity index (χ4v) is 3.93. The highest BCUT2D eigenvalue weighted by Crippen LogP contribution is 2.23. The summed E-state index contributed by atoms with van der Waals surface area (Å²) in [5, 5.41) is 0.726. The monoisotopic (exact) mass is 270 g/mol. The molecule has 1 saturated heterocycles. The van der Waals surface area contributed by atoms with Crippen LogP contribution in [0.15, 0.2) is 4.99 Å². The van der Waals surface area contributed by atoms with Crippen LogP contribution in [-0.4, -0.2) is 41.0 Å². The Balaban J connectivity index is 1.95. The third-order valence-electron chi connectivity index (χ3n) is 3.90. The van der Waals surface area contributed by atoms with E-state index in [2.05, 4.69) is 29.0 Å². The summed E-state index contributed by atoms with van der Waals surface area (Å²) in [6, 6.07) is 0.486. The number of guanidine groups is 1. The zero-order valence-electron chi connectivity index (χ0n) is 11.4. The zero-order valence-corrected chi connectivity index (χ0v) is 12.2. The quantitative estimate of drug-likeness (QED) is 0.349. The number of nitrogens with zero attached hydrogens (tertiary/aromatic N) is 2. The summed E-state index contributed by atoms with van der Waals surface area (Å²) in [7, 11) is 0. The molecule has 0 bridgehead atoms. The molecule has 0 spiro atoms. The van der Waals surface area contributed by atoms with E-state index in [0.717, 1.165) is 24.3 Å².